The Kier molecular flexibility index (Phi) is 13.5. The fraction of sp³-hybridized carbons (Fsp3) is 0.167. The molecule has 0 radical (unpaired) electrons. The van der Waals surface area contributed by atoms with Crippen molar-refractivity contribution in [2.45, 2.75) is 0 Å². The monoisotopic (exact) mass is 664 g/mol. The smallest absolute Gasteiger partial charge is 0.185 e. The molecule has 0 aliphatic heterocycles. The zero-order chi connectivity index (χ0) is 20.9. The number of hydrogen-bond acceptors (Lipinski definition) is 6. The Morgan fingerprint density at radius 2 is 1.50 bits per heavy atom. The number of carbonyl (C=O) groups is 1. The van der Waals surface area contributed by atoms with Crippen molar-refractivity contribution in [2.75, 3.05) is 20.5 Å². The maximum atomic E-state index is 12.4. The third kappa shape index (κ3) is 7.86. The van der Waals surface area contributed by atoms with Crippen LogP contribution in [0.3, 0.4) is 0 Å². The number of halogens is 2. The van der Waals surface area contributed by atoms with Gasteiger partial charge in [-0.15, -0.1) is 0 Å². The molecule has 0 saturated heterocycles. The minimum absolute atomic E-state index is 0.127. The summed E-state index contributed by atoms with van der Waals surface area (Å²) in [6.07, 6.45) is 4.96. The summed E-state index contributed by atoms with van der Waals surface area (Å²) < 4.78 is 21.6. The van der Waals surface area contributed by atoms with Gasteiger partial charge in [0.1, 0.15) is 12.9 Å². The van der Waals surface area contributed by atoms with Gasteiger partial charge in [0.05, 0.1) is 14.2 Å². The van der Waals surface area contributed by atoms with Crippen molar-refractivity contribution in [2.24, 2.45) is 0 Å². The molecular weight excluding hydrogens is 644 g/mol. The average molecular weight is 664 g/mol. The number of ether oxygens (including phenoxy) is 2. The highest BCUT2D eigenvalue weighted by Crippen LogP contribution is 2.39. The first-order chi connectivity index (χ1) is 13.6. The van der Waals surface area contributed by atoms with Crippen LogP contribution in [0.25, 0.3) is 6.08 Å². The van der Waals surface area contributed by atoms with E-state index in [1.165, 1.54) is 13.2 Å². The molecule has 10 heteroatoms. The summed E-state index contributed by atoms with van der Waals surface area (Å²) in [5, 5.41) is 0. The van der Waals surface area contributed by atoms with E-state index in [-0.39, 0.29) is 12.2 Å². The number of rotatable bonds is 9. The predicted octanol–water partition coefficient (Wildman–Crippen LogP) is 6.79. The van der Waals surface area contributed by atoms with E-state index >= 15 is 0 Å². The van der Waals surface area contributed by atoms with E-state index in [1.807, 2.05) is 18.2 Å². The van der Waals surface area contributed by atoms with Crippen molar-refractivity contribution in [1.29, 1.82) is 0 Å². The Labute approximate surface area is 200 Å². The molecule has 0 aliphatic rings. The van der Waals surface area contributed by atoms with Crippen molar-refractivity contribution in [3.63, 3.8) is 0 Å². The molecule has 28 heavy (non-hydrogen) atoms. The van der Waals surface area contributed by atoms with Crippen molar-refractivity contribution in [3.05, 3.63) is 53.6 Å². The molecule has 5 nitrogen and oxygen atoms in total. The SMILES string of the molecule is COc1ccc(C(=O)/C=C/c2ccc(OPI)c(OPI)c2)cc1OC.CS. The molecule has 0 aliphatic carbocycles. The Bertz CT molecular complexity index is 806. The van der Waals surface area contributed by atoms with Gasteiger partial charge in [-0.25, -0.2) is 0 Å². The van der Waals surface area contributed by atoms with Crippen LogP contribution >= 0.6 is 69.6 Å². The Morgan fingerprint density at radius 1 is 0.893 bits per heavy atom. The third-order valence-electron chi connectivity index (χ3n) is 3.36. The molecule has 2 aromatic carbocycles. The van der Waals surface area contributed by atoms with Crippen LogP contribution in [0, 0.1) is 0 Å². The molecule has 0 aromatic heterocycles. The maximum absolute atomic E-state index is 12.4. The molecule has 0 heterocycles. The summed E-state index contributed by atoms with van der Waals surface area (Å²) in [6.45, 7) is 0.583. The topological polar surface area (TPSA) is 54.0 Å². The number of ketones is 1. The van der Waals surface area contributed by atoms with Gasteiger partial charge >= 0.3 is 0 Å². The van der Waals surface area contributed by atoms with Gasteiger partial charge in [0, 0.05) is 5.56 Å². The minimum atomic E-state index is -0.127. The Balaban J connectivity index is 0.00000190. The summed E-state index contributed by atoms with van der Waals surface area (Å²) >= 11 is 7.84. The fourth-order valence-corrected chi connectivity index (χ4v) is 4.05. The first-order valence-electron chi connectivity index (χ1n) is 7.71. The summed E-state index contributed by atoms with van der Waals surface area (Å²) in [6, 6.07) is 10.7. The molecule has 2 unspecified atom stereocenters. The van der Waals surface area contributed by atoms with Crippen LogP contribution in [0.1, 0.15) is 15.9 Å². The summed E-state index contributed by atoms with van der Waals surface area (Å²) in [5.74, 6) is 2.35. The van der Waals surface area contributed by atoms with E-state index in [9.17, 15) is 4.79 Å². The van der Waals surface area contributed by atoms with Crippen LogP contribution in [0.15, 0.2) is 42.5 Å². The van der Waals surface area contributed by atoms with Crippen LogP contribution in [0.5, 0.6) is 23.0 Å². The van der Waals surface area contributed by atoms with E-state index in [4.69, 9.17) is 18.5 Å². The molecule has 0 bridgehead atoms. The molecule has 0 N–H and O–H groups in total. The second kappa shape index (κ2) is 14.7. The highest BCUT2D eigenvalue weighted by atomic mass is 127. The molecule has 152 valence electrons. The third-order valence-corrected chi connectivity index (χ3v) is 5.28. The second-order valence-corrected chi connectivity index (χ2v) is 8.19. The van der Waals surface area contributed by atoms with Gasteiger partial charge in [0.15, 0.2) is 28.8 Å². The van der Waals surface area contributed by atoms with Crippen LogP contribution in [0.4, 0.5) is 0 Å². The number of methoxy groups -OCH3 is 2. The lowest BCUT2D eigenvalue weighted by Crippen LogP contribution is -1.97. The Hall–Kier alpha value is -0.280. The first kappa shape index (κ1) is 25.8. The predicted molar refractivity (Wildman–Crippen MR) is 140 cm³/mol. The quantitative estimate of drug-likeness (QED) is 0.105. The average Bonchev–Trinajstić information content (AvgIpc) is 2.74. The highest BCUT2D eigenvalue weighted by molar-refractivity contribution is 14.2. The molecule has 2 aromatic rings. The summed E-state index contributed by atoms with van der Waals surface area (Å²) in [4.78, 5) is 12.4. The number of hydrogen-bond donors (Lipinski definition) is 1. The number of thiol groups is 1. The number of carbonyl (C=O) groups excluding carboxylic acids is 1. The lowest BCUT2D eigenvalue weighted by atomic mass is 10.1. The molecule has 2 atom stereocenters. The summed E-state index contributed by atoms with van der Waals surface area (Å²) in [5.41, 5.74) is 1.38. The molecule has 0 saturated carbocycles. The van der Waals surface area contributed by atoms with Gasteiger partial charge in [-0.1, -0.05) is 12.1 Å². The lowest BCUT2D eigenvalue weighted by molar-refractivity contribution is 0.104. The minimum Gasteiger partial charge on any atom is -0.493 e. The largest absolute Gasteiger partial charge is 0.493 e. The second-order valence-electron chi connectivity index (χ2n) is 4.83. The standard InChI is InChI=1S/C17H16I2O5P2.CH4S/c1-21-14-8-5-12(10-16(14)22-2)13(20)6-3-11-4-7-15(23-25-18)17(9-11)24-26-19;1-2/h3-10,25-26H,1-2H3;2H,1H3/b6-3+;. The van der Waals surface area contributed by atoms with Crippen LogP contribution in [0.2, 0.25) is 0 Å². The van der Waals surface area contributed by atoms with Gasteiger partial charge in [0.25, 0.3) is 0 Å². The number of benzene rings is 2. The molecule has 0 spiro atoms. The van der Waals surface area contributed by atoms with Gasteiger partial charge in [0.2, 0.25) is 0 Å². The van der Waals surface area contributed by atoms with Gasteiger partial charge in [-0.05, 0) is 92.3 Å². The van der Waals surface area contributed by atoms with E-state index in [0.717, 1.165) is 5.56 Å². The first-order valence-corrected chi connectivity index (χ1v) is 16.6. The van der Waals surface area contributed by atoms with Gasteiger partial charge < -0.3 is 18.5 Å². The molecule has 0 fully saturated rings. The molecular formula is C18H20I2O5P2S. The zero-order valence-corrected chi connectivity index (χ0v) is 22.6. The van der Waals surface area contributed by atoms with E-state index in [2.05, 4.69) is 56.7 Å². The highest BCUT2D eigenvalue weighted by Gasteiger charge is 2.09. The van der Waals surface area contributed by atoms with Crippen LogP contribution < -0.4 is 18.5 Å². The van der Waals surface area contributed by atoms with Crippen molar-refractivity contribution in [1.82, 2.24) is 0 Å². The van der Waals surface area contributed by atoms with Crippen LogP contribution in [-0.4, -0.2) is 26.3 Å². The maximum Gasteiger partial charge on any atom is 0.185 e. The number of allylic oxidation sites excluding steroid dienone is 1. The van der Waals surface area contributed by atoms with Crippen LogP contribution in [-0.2, 0) is 0 Å². The van der Waals surface area contributed by atoms with E-state index in [1.54, 1.807) is 37.6 Å². The Morgan fingerprint density at radius 3 is 2.11 bits per heavy atom. The molecule has 0 amide bonds. The fourth-order valence-electron chi connectivity index (χ4n) is 2.13. The van der Waals surface area contributed by atoms with Gasteiger partial charge in [-0.2, -0.15) is 12.6 Å². The zero-order valence-electron chi connectivity index (χ0n) is 15.4. The van der Waals surface area contributed by atoms with E-state index < -0.39 is 0 Å². The van der Waals surface area contributed by atoms with Gasteiger partial charge in [-0.3, -0.25) is 4.79 Å². The van der Waals surface area contributed by atoms with Crippen molar-refractivity contribution < 1.29 is 23.3 Å². The molecule has 2 rings (SSSR count). The lowest BCUT2D eigenvalue weighted by Gasteiger charge is -2.09. The normalized spacial score (nSPS) is 10.9. The van der Waals surface area contributed by atoms with E-state index in [0.29, 0.717) is 35.0 Å². The van der Waals surface area contributed by atoms with Crippen molar-refractivity contribution >= 4 is 81.5 Å². The van der Waals surface area contributed by atoms with Crippen molar-refractivity contribution in [3.8, 4) is 23.0 Å². The summed E-state index contributed by atoms with van der Waals surface area (Å²) in [7, 11) is 3.10.